The molecule has 2 N–H and O–H groups in total. The number of hydrogen-bond acceptors (Lipinski definition) is 3. The highest BCUT2D eigenvalue weighted by Crippen LogP contribution is 2.24. The summed E-state index contributed by atoms with van der Waals surface area (Å²) in [5.74, 6) is 0.802. The number of aliphatic hydroxyl groups excluding tert-OH is 1. The number of methoxy groups -OCH3 is 1. The van der Waals surface area contributed by atoms with Crippen molar-refractivity contribution in [2.24, 2.45) is 0 Å². The summed E-state index contributed by atoms with van der Waals surface area (Å²) in [7, 11) is 1.64. The lowest BCUT2D eigenvalue weighted by Crippen LogP contribution is -2.23. The van der Waals surface area contributed by atoms with Crippen LogP contribution in [-0.4, -0.2) is 18.3 Å². The first kappa shape index (κ1) is 14.2. The third kappa shape index (κ3) is 3.39. The fraction of sp³-hybridized carbons (Fsp3) is 0.176. The van der Waals surface area contributed by atoms with E-state index in [1.54, 1.807) is 7.11 Å². The minimum atomic E-state index is -0.667. The van der Waals surface area contributed by atoms with E-state index in [4.69, 9.17) is 4.74 Å². The van der Waals surface area contributed by atoms with Gasteiger partial charge in [0, 0.05) is 5.69 Å². The van der Waals surface area contributed by atoms with Crippen molar-refractivity contribution < 1.29 is 9.84 Å². The zero-order chi connectivity index (χ0) is 14.4. The molecule has 104 valence electrons. The minimum absolute atomic E-state index is 0.234. The molecule has 2 aromatic carbocycles. The van der Waals surface area contributed by atoms with Gasteiger partial charge >= 0.3 is 0 Å². The maximum atomic E-state index is 10.1. The summed E-state index contributed by atoms with van der Waals surface area (Å²) in [6.45, 7) is 3.67. The number of nitrogens with one attached hydrogen (secondary N) is 1. The number of ether oxygens (including phenoxy) is 1. The molecular weight excluding hydrogens is 250 g/mol. The van der Waals surface area contributed by atoms with Gasteiger partial charge in [-0.3, -0.25) is 0 Å². The third-order valence-corrected chi connectivity index (χ3v) is 3.15. The lowest BCUT2D eigenvalue weighted by Gasteiger charge is -2.23. The first-order valence-electron chi connectivity index (χ1n) is 6.50. The Labute approximate surface area is 119 Å². The largest absolute Gasteiger partial charge is 0.497 e. The van der Waals surface area contributed by atoms with Crippen molar-refractivity contribution in [3.63, 3.8) is 0 Å². The monoisotopic (exact) mass is 269 g/mol. The van der Waals surface area contributed by atoms with E-state index in [-0.39, 0.29) is 6.04 Å². The maximum absolute atomic E-state index is 10.1. The number of hydrogen-bond donors (Lipinski definition) is 2. The molecule has 0 fully saturated rings. The predicted molar refractivity (Wildman–Crippen MR) is 82.0 cm³/mol. The van der Waals surface area contributed by atoms with Crippen molar-refractivity contribution in [1.82, 2.24) is 0 Å². The highest BCUT2D eigenvalue weighted by atomic mass is 16.5. The number of anilines is 1. The summed E-state index contributed by atoms with van der Waals surface area (Å²) in [4.78, 5) is 0. The summed E-state index contributed by atoms with van der Waals surface area (Å²) in [5.41, 5.74) is 1.93. The van der Waals surface area contributed by atoms with Gasteiger partial charge in [0.05, 0.1) is 19.3 Å². The molecule has 20 heavy (non-hydrogen) atoms. The summed E-state index contributed by atoms with van der Waals surface area (Å²) in [5, 5.41) is 13.4. The van der Waals surface area contributed by atoms with E-state index in [0.717, 1.165) is 17.0 Å². The van der Waals surface area contributed by atoms with Crippen LogP contribution in [-0.2, 0) is 0 Å². The quantitative estimate of drug-likeness (QED) is 0.790. The molecule has 2 unspecified atom stereocenters. The molecule has 2 aromatic rings. The minimum Gasteiger partial charge on any atom is -0.497 e. The van der Waals surface area contributed by atoms with Crippen LogP contribution in [0.4, 0.5) is 5.69 Å². The molecule has 3 heteroatoms. The third-order valence-electron chi connectivity index (χ3n) is 3.15. The molecule has 2 atom stereocenters. The van der Waals surface area contributed by atoms with Gasteiger partial charge in [0.1, 0.15) is 5.75 Å². The van der Waals surface area contributed by atoms with E-state index in [1.165, 1.54) is 6.08 Å². The van der Waals surface area contributed by atoms with Crippen LogP contribution in [0.5, 0.6) is 5.75 Å². The Morgan fingerprint density at radius 2 is 1.75 bits per heavy atom. The number of benzene rings is 2. The fourth-order valence-electron chi connectivity index (χ4n) is 2.03. The van der Waals surface area contributed by atoms with Gasteiger partial charge in [-0.1, -0.05) is 36.4 Å². The molecule has 0 aromatic heterocycles. The second kappa shape index (κ2) is 6.78. The molecule has 0 bridgehead atoms. The van der Waals surface area contributed by atoms with Gasteiger partial charge < -0.3 is 15.2 Å². The van der Waals surface area contributed by atoms with E-state index >= 15 is 0 Å². The molecule has 3 nitrogen and oxygen atoms in total. The van der Waals surface area contributed by atoms with Gasteiger partial charge in [-0.15, -0.1) is 6.58 Å². The Kier molecular flexibility index (Phi) is 4.80. The number of rotatable bonds is 6. The van der Waals surface area contributed by atoms with Crippen LogP contribution in [0.25, 0.3) is 0 Å². The smallest absolute Gasteiger partial charge is 0.119 e. The Bertz CT molecular complexity index is 537. The van der Waals surface area contributed by atoms with E-state index in [9.17, 15) is 5.11 Å². The maximum Gasteiger partial charge on any atom is 0.119 e. The van der Waals surface area contributed by atoms with Gasteiger partial charge in [0.25, 0.3) is 0 Å². The van der Waals surface area contributed by atoms with Crippen molar-refractivity contribution in [3.05, 3.63) is 72.8 Å². The van der Waals surface area contributed by atoms with Gasteiger partial charge in [-0.25, -0.2) is 0 Å². The lowest BCUT2D eigenvalue weighted by atomic mass is 10.0. The first-order chi connectivity index (χ1) is 9.74. The van der Waals surface area contributed by atoms with Crippen LogP contribution < -0.4 is 10.1 Å². The molecule has 2 rings (SSSR count). The molecular formula is C17H19NO2. The molecule has 0 aliphatic carbocycles. The Morgan fingerprint density at radius 3 is 2.30 bits per heavy atom. The summed E-state index contributed by atoms with van der Waals surface area (Å²) in [6, 6.07) is 17.2. The van der Waals surface area contributed by atoms with Crippen molar-refractivity contribution in [2.75, 3.05) is 12.4 Å². The molecule has 0 saturated heterocycles. The molecule has 0 saturated carbocycles. The average Bonchev–Trinajstić information content (AvgIpc) is 2.53. The summed E-state index contributed by atoms with van der Waals surface area (Å²) in [6.07, 6.45) is 0.869. The van der Waals surface area contributed by atoms with Crippen molar-refractivity contribution in [1.29, 1.82) is 0 Å². The zero-order valence-corrected chi connectivity index (χ0v) is 11.5. The predicted octanol–water partition coefficient (Wildman–Crippen LogP) is 3.40. The van der Waals surface area contributed by atoms with Crippen LogP contribution in [0.2, 0.25) is 0 Å². The SMILES string of the molecule is C=CC(O)C(Nc1ccc(OC)cc1)c1ccccc1. The van der Waals surface area contributed by atoms with Crippen LogP contribution in [0.1, 0.15) is 11.6 Å². The molecule has 0 heterocycles. The molecule has 0 amide bonds. The highest BCUT2D eigenvalue weighted by Gasteiger charge is 2.18. The first-order valence-corrected chi connectivity index (χ1v) is 6.50. The highest BCUT2D eigenvalue weighted by molar-refractivity contribution is 5.48. The van der Waals surface area contributed by atoms with Gasteiger partial charge in [-0.2, -0.15) is 0 Å². The standard InChI is InChI=1S/C17H19NO2/c1-3-16(19)17(13-7-5-4-6-8-13)18-14-9-11-15(20-2)12-10-14/h3-12,16-19H,1H2,2H3. The average molecular weight is 269 g/mol. The van der Waals surface area contributed by atoms with Gasteiger partial charge in [-0.05, 0) is 29.8 Å². The fourth-order valence-corrected chi connectivity index (χ4v) is 2.03. The van der Waals surface area contributed by atoms with E-state index in [1.807, 2.05) is 54.6 Å². The zero-order valence-electron chi connectivity index (χ0n) is 11.5. The van der Waals surface area contributed by atoms with Crippen LogP contribution in [0.15, 0.2) is 67.3 Å². The lowest BCUT2D eigenvalue weighted by molar-refractivity contribution is 0.200. The van der Waals surface area contributed by atoms with E-state index in [2.05, 4.69) is 11.9 Å². The molecule has 0 aliphatic rings. The number of aliphatic hydroxyl groups is 1. The topological polar surface area (TPSA) is 41.5 Å². The normalized spacial score (nSPS) is 13.3. The Hall–Kier alpha value is -2.26. The Morgan fingerprint density at radius 1 is 1.10 bits per heavy atom. The van der Waals surface area contributed by atoms with Crippen LogP contribution in [0.3, 0.4) is 0 Å². The van der Waals surface area contributed by atoms with Gasteiger partial charge in [0.15, 0.2) is 0 Å². The van der Waals surface area contributed by atoms with Crippen molar-refractivity contribution in [3.8, 4) is 5.75 Å². The van der Waals surface area contributed by atoms with E-state index in [0.29, 0.717) is 0 Å². The second-order valence-electron chi connectivity index (χ2n) is 4.49. The summed E-state index contributed by atoms with van der Waals surface area (Å²) < 4.78 is 5.13. The molecule has 0 aliphatic heterocycles. The molecule has 0 radical (unpaired) electrons. The molecule has 0 spiro atoms. The van der Waals surface area contributed by atoms with Crippen LogP contribution >= 0.6 is 0 Å². The Balaban J connectivity index is 2.21. The summed E-state index contributed by atoms with van der Waals surface area (Å²) >= 11 is 0. The second-order valence-corrected chi connectivity index (χ2v) is 4.49. The van der Waals surface area contributed by atoms with E-state index < -0.39 is 6.10 Å². The van der Waals surface area contributed by atoms with Crippen molar-refractivity contribution >= 4 is 5.69 Å². The van der Waals surface area contributed by atoms with Gasteiger partial charge in [0.2, 0.25) is 0 Å². The van der Waals surface area contributed by atoms with Crippen molar-refractivity contribution in [2.45, 2.75) is 12.1 Å². The van der Waals surface area contributed by atoms with Crippen LogP contribution in [0, 0.1) is 0 Å².